The Morgan fingerprint density at radius 2 is 2.19 bits per heavy atom. The molecule has 2 nitrogen and oxygen atoms in total. The van der Waals surface area contributed by atoms with Crippen molar-refractivity contribution in [3.05, 3.63) is 28.5 Å². The van der Waals surface area contributed by atoms with Gasteiger partial charge >= 0.3 is 0 Å². The Bertz CT molecular complexity index is 445. The third-order valence-corrected chi connectivity index (χ3v) is 3.51. The summed E-state index contributed by atoms with van der Waals surface area (Å²) < 4.78 is 14.1. The largest absolute Gasteiger partial charge is 0.323 e. The van der Waals surface area contributed by atoms with Crippen LogP contribution in [0, 0.1) is 17.2 Å². The van der Waals surface area contributed by atoms with Crippen LogP contribution in [-0.4, -0.2) is 5.91 Å². The van der Waals surface area contributed by atoms with Crippen LogP contribution < -0.4 is 5.32 Å². The number of anilines is 1. The summed E-state index contributed by atoms with van der Waals surface area (Å²) in [5.74, 6) is -0.497. The molecule has 0 radical (unpaired) electrons. The van der Waals surface area contributed by atoms with Gasteiger partial charge in [0.25, 0.3) is 0 Å². The van der Waals surface area contributed by atoms with E-state index >= 15 is 0 Å². The number of nitrogens with one attached hydrogen (secondary N) is 1. The van der Waals surface area contributed by atoms with Crippen LogP contribution >= 0.6 is 15.9 Å². The van der Waals surface area contributed by atoms with Crippen molar-refractivity contribution in [2.75, 3.05) is 5.32 Å². The van der Waals surface area contributed by atoms with E-state index in [9.17, 15) is 9.18 Å². The van der Waals surface area contributed by atoms with Crippen LogP contribution in [0.4, 0.5) is 10.1 Å². The average Bonchev–Trinajstić information content (AvgIpc) is 2.80. The SMILES string of the molecule is CC1(C)CC1C(=O)Nc1ccc(Br)cc1F. The maximum absolute atomic E-state index is 13.4. The highest BCUT2D eigenvalue weighted by Crippen LogP contribution is 2.52. The molecule has 1 atom stereocenters. The first kappa shape index (κ1) is 11.6. The lowest BCUT2D eigenvalue weighted by molar-refractivity contribution is -0.118. The van der Waals surface area contributed by atoms with Gasteiger partial charge in [-0.1, -0.05) is 29.8 Å². The Balaban J connectivity index is 2.07. The smallest absolute Gasteiger partial charge is 0.228 e. The van der Waals surface area contributed by atoms with Crippen molar-refractivity contribution in [1.29, 1.82) is 0 Å². The van der Waals surface area contributed by atoms with Gasteiger partial charge in [-0.05, 0) is 30.0 Å². The van der Waals surface area contributed by atoms with Crippen molar-refractivity contribution in [3.8, 4) is 0 Å². The molecule has 1 aliphatic carbocycles. The van der Waals surface area contributed by atoms with Gasteiger partial charge in [0.2, 0.25) is 5.91 Å². The molecule has 0 aromatic heterocycles. The Morgan fingerprint density at radius 1 is 1.56 bits per heavy atom. The molecular weight excluding hydrogens is 273 g/mol. The van der Waals surface area contributed by atoms with Crippen LogP contribution in [0.15, 0.2) is 22.7 Å². The number of carbonyl (C=O) groups is 1. The molecule has 1 aliphatic rings. The molecule has 0 aliphatic heterocycles. The molecule has 0 bridgehead atoms. The summed E-state index contributed by atoms with van der Waals surface area (Å²) in [6.07, 6.45) is 0.872. The van der Waals surface area contributed by atoms with Crippen molar-refractivity contribution in [1.82, 2.24) is 0 Å². The molecule has 16 heavy (non-hydrogen) atoms. The van der Waals surface area contributed by atoms with E-state index in [4.69, 9.17) is 0 Å². The van der Waals surface area contributed by atoms with Crippen LogP contribution in [0.2, 0.25) is 0 Å². The number of hydrogen-bond acceptors (Lipinski definition) is 1. The molecular formula is C12H13BrFNO. The van der Waals surface area contributed by atoms with E-state index in [0.717, 1.165) is 6.42 Å². The molecule has 0 heterocycles. The Labute approximate surface area is 102 Å². The number of amides is 1. The van der Waals surface area contributed by atoms with Gasteiger partial charge in [0, 0.05) is 10.4 Å². The van der Waals surface area contributed by atoms with E-state index in [0.29, 0.717) is 4.47 Å². The fourth-order valence-electron chi connectivity index (χ4n) is 1.73. The fraction of sp³-hybridized carbons (Fsp3) is 0.417. The van der Waals surface area contributed by atoms with Gasteiger partial charge in [-0.25, -0.2) is 4.39 Å². The van der Waals surface area contributed by atoms with Gasteiger partial charge in [0.05, 0.1) is 5.69 Å². The van der Waals surface area contributed by atoms with Crippen molar-refractivity contribution < 1.29 is 9.18 Å². The van der Waals surface area contributed by atoms with Gasteiger partial charge in [-0.2, -0.15) is 0 Å². The molecule has 1 fully saturated rings. The predicted octanol–water partition coefficient (Wildman–Crippen LogP) is 3.57. The van der Waals surface area contributed by atoms with Gasteiger partial charge < -0.3 is 5.32 Å². The van der Waals surface area contributed by atoms with Crippen molar-refractivity contribution in [2.45, 2.75) is 20.3 Å². The zero-order valence-electron chi connectivity index (χ0n) is 9.18. The molecule has 1 saturated carbocycles. The normalized spacial score (nSPS) is 21.6. The van der Waals surface area contributed by atoms with Crippen LogP contribution in [-0.2, 0) is 4.79 Å². The summed E-state index contributed by atoms with van der Waals surface area (Å²) in [4.78, 5) is 11.7. The van der Waals surface area contributed by atoms with Crippen molar-refractivity contribution in [2.24, 2.45) is 11.3 Å². The quantitative estimate of drug-likeness (QED) is 0.884. The van der Waals surface area contributed by atoms with E-state index in [2.05, 4.69) is 21.2 Å². The Hall–Kier alpha value is -0.900. The highest BCUT2D eigenvalue weighted by molar-refractivity contribution is 9.10. The molecule has 0 saturated heterocycles. The molecule has 1 aromatic carbocycles. The van der Waals surface area contributed by atoms with Crippen LogP contribution in [0.1, 0.15) is 20.3 Å². The molecule has 2 rings (SSSR count). The van der Waals surface area contributed by atoms with Gasteiger partial charge in [-0.3, -0.25) is 4.79 Å². The first-order valence-electron chi connectivity index (χ1n) is 5.16. The summed E-state index contributed by atoms with van der Waals surface area (Å²) in [6.45, 7) is 4.07. The topological polar surface area (TPSA) is 29.1 Å². The van der Waals surface area contributed by atoms with E-state index < -0.39 is 5.82 Å². The first-order chi connectivity index (χ1) is 7.40. The molecule has 4 heteroatoms. The summed E-state index contributed by atoms with van der Waals surface area (Å²) in [7, 11) is 0. The number of hydrogen-bond donors (Lipinski definition) is 1. The Morgan fingerprint density at radius 3 is 2.69 bits per heavy atom. The number of rotatable bonds is 2. The summed E-state index contributed by atoms with van der Waals surface area (Å²) >= 11 is 3.17. The predicted molar refractivity (Wildman–Crippen MR) is 64.6 cm³/mol. The standard InChI is InChI=1S/C12H13BrFNO/c1-12(2)6-8(12)11(16)15-10-4-3-7(13)5-9(10)14/h3-5,8H,6H2,1-2H3,(H,15,16). The third-order valence-electron chi connectivity index (χ3n) is 3.02. The average molecular weight is 286 g/mol. The molecule has 1 N–H and O–H groups in total. The molecule has 1 aromatic rings. The minimum atomic E-state index is -0.416. The van der Waals surface area contributed by atoms with E-state index in [1.807, 2.05) is 13.8 Å². The van der Waals surface area contributed by atoms with Crippen molar-refractivity contribution >= 4 is 27.5 Å². The summed E-state index contributed by atoms with van der Waals surface area (Å²) in [5.41, 5.74) is 0.312. The van der Waals surface area contributed by atoms with Gasteiger partial charge in [0.1, 0.15) is 5.82 Å². The monoisotopic (exact) mass is 285 g/mol. The number of benzene rings is 1. The van der Waals surface area contributed by atoms with Crippen LogP contribution in [0.3, 0.4) is 0 Å². The zero-order chi connectivity index (χ0) is 11.9. The summed E-state index contributed by atoms with van der Waals surface area (Å²) in [6, 6.07) is 4.61. The third kappa shape index (κ3) is 2.26. The van der Waals surface area contributed by atoms with Gasteiger partial charge in [0.15, 0.2) is 0 Å². The maximum Gasteiger partial charge on any atom is 0.228 e. The second-order valence-corrected chi connectivity index (χ2v) is 5.77. The van der Waals surface area contributed by atoms with E-state index in [-0.39, 0.29) is 22.9 Å². The van der Waals surface area contributed by atoms with Crippen LogP contribution in [0.25, 0.3) is 0 Å². The van der Waals surface area contributed by atoms with E-state index in [1.165, 1.54) is 6.07 Å². The zero-order valence-corrected chi connectivity index (χ0v) is 10.8. The van der Waals surface area contributed by atoms with E-state index in [1.54, 1.807) is 12.1 Å². The highest BCUT2D eigenvalue weighted by atomic mass is 79.9. The van der Waals surface area contributed by atoms with Crippen molar-refractivity contribution in [3.63, 3.8) is 0 Å². The lowest BCUT2D eigenvalue weighted by Gasteiger charge is -2.07. The molecule has 1 unspecified atom stereocenters. The number of halogens is 2. The van der Waals surface area contributed by atoms with Gasteiger partial charge in [-0.15, -0.1) is 0 Å². The lowest BCUT2D eigenvalue weighted by Crippen LogP contribution is -2.17. The number of carbonyl (C=O) groups excluding carboxylic acids is 1. The minimum Gasteiger partial charge on any atom is -0.323 e. The second-order valence-electron chi connectivity index (χ2n) is 4.86. The Kier molecular flexibility index (Phi) is 2.78. The fourth-order valence-corrected chi connectivity index (χ4v) is 2.06. The second kappa shape index (κ2) is 3.84. The molecule has 86 valence electrons. The maximum atomic E-state index is 13.4. The first-order valence-corrected chi connectivity index (χ1v) is 5.95. The molecule has 1 amide bonds. The minimum absolute atomic E-state index is 0.00977. The summed E-state index contributed by atoms with van der Waals surface area (Å²) in [5, 5.41) is 2.62. The molecule has 0 spiro atoms. The highest BCUT2D eigenvalue weighted by Gasteiger charge is 2.50. The lowest BCUT2D eigenvalue weighted by atomic mass is 10.1. The van der Waals surface area contributed by atoms with Crippen LogP contribution in [0.5, 0.6) is 0 Å².